The van der Waals surface area contributed by atoms with Crippen molar-refractivity contribution in [1.82, 2.24) is 0 Å². The molecule has 1 aromatic rings. The Balaban J connectivity index is 1.52. The summed E-state index contributed by atoms with van der Waals surface area (Å²) >= 11 is 0. The fourth-order valence-corrected chi connectivity index (χ4v) is 8.68. The lowest BCUT2D eigenvalue weighted by Crippen LogP contribution is -2.63. The van der Waals surface area contributed by atoms with Crippen LogP contribution < -0.4 is 5.63 Å². The number of fused-ring (bicyclic) bond motifs is 5. The Morgan fingerprint density at radius 1 is 0.893 bits per heavy atom. The number of aliphatic hydroxyl groups is 1. The van der Waals surface area contributed by atoms with Crippen molar-refractivity contribution in [2.45, 2.75) is 96.5 Å². The lowest BCUT2D eigenvalue weighted by Gasteiger charge is -2.66. The minimum atomic E-state index is -0.585. The van der Waals surface area contributed by atoms with Gasteiger partial charge in [-0.1, -0.05) is 33.6 Å². The Morgan fingerprint density at radius 3 is 2.39 bits per heavy atom. The molecule has 0 aromatic carbocycles. The predicted molar refractivity (Wildman–Crippen MR) is 110 cm³/mol. The van der Waals surface area contributed by atoms with Crippen LogP contribution >= 0.6 is 0 Å². The zero-order valence-electron chi connectivity index (χ0n) is 17.8. The largest absolute Gasteiger partial charge is 0.431 e. The van der Waals surface area contributed by atoms with Gasteiger partial charge in [0, 0.05) is 11.5 Å². The van der Waals surface area contributed by atoms with Crippen LogP contribution in [0.25, 0.3) is 0 Å². The molecule has 0 bridgehead atoms. The van der Waals surface area contributed by atoms with Crippen molar-refractivity contribution in [2.75, 3.05) is 0 Å². The van der Waals surface area contributed by atoms with Crippen molar-refractivity contribution in [1.29, 1.82) is 0 Å². The Labute approximate surface area is 168 Å². The van der Waals surface area contributed by atoms with E-state index < -0.39 is 5.60 Å². The van der Waals surface area contributed by atoms with Gasteiger partial charge in [0.1, 0.15) is 0 Å². The summed E-state index contributed by atoms with van der Waals surface area (Å²) in [5.41, 5.74) is 0.939. The molecule has 4 aliphatic rings. The second-order valence-corrected chi connectivity index (χ2v) is 11.3. The lowest BCUT2D eigenvalue weighted by atomic mass is 9.39. The Morgan fingerprint density at radius 2 is 1.64 bits per heavy atom. The molecule has 7 atom stereocenters. The molecule has 154 valence electrons. The molecule has 0 amide bonds. The molecule has 3 heteroatoms. The molecule has 4 aliphatic carbocycles. The van der Waals surface area contributed by atoms with Crippen LogP contribution in [0, 0.1) is 28.1 Å². The molecule has 1 aromatic heterocycles. The maximum absolute atomic E-state index is 12.2. The van der Waals surface area contributed by atoms with E-state index in [-0.39, 0.29) is 17.0 Å². The van der Waals surface area contributed by atoms with Gasteiger partial charge in [-0.3, -0.25) is 0 Å². The van der Waals surface area contributed by atoms with E-state index in [1.54, 1.807) is 6.26 Å². The van der Waals surface area contributed by atoms with Crippen molar-refractivity contribution in [3.05, 3.63) is 34.4 Å². The summed E-state index contributed by atoms with van der Waals surface area (Å²) in [6, 6.07) is 3.47. The zero-order chi connectivity index (χ0) is 19.8. The second-order valence-electron chi connectivity index (χ2n) is 11.3. The van der Waals surface area contributed by atoms with Gasteiger partial charge in [0.25, 0.3) is 0 Å². The molecular formula is C25H36O3. The van der Waals surface area contributed by atoms with Crippen LogP contribution in [0.4, 0.5) is 0 Å². The summed E-state index contributed by atoms with van der Waals surface area (Å²) in [5, 5.41) is 12.2. The van der Waals surface area contributed by atoms with Crippen LogP contribution in [0.1, 0.15) is 96.5 Å². The standard InChI is InChI=1S/C25H36O3/c1-22-11-4-5-12-23(22,2)19-9-14-24(3)18(17-6-7-21(26)28-16-17)10-15-25(24,27)20(19)8-13-22/h6-7,16,18-20,27H,4-5,8-15H2,1-3H3. The van der Waals surface area contributed by atoms with E-state index in [0.717, 1.165) is 24.8 Å². The average Bonchev–Trinajstić information content (AvgIpc) is 2.94. The van der Waals surface area contributed by atoms with E-state index in [9.17, 15) is 9.90 Å². The van der Waals surface area contributed by atoms with Gasteiger partial charge in [0.15, 0.2) is 0 Å². The Bertz CT molecular complexity index is 809. The van der Waals surface area contributed by atoms with Gasteiger partial charge in [0.05, 0.1) is 11.9 Å². The number of rotatable bonds is 1. The molecule has 0 aliphatic heterocycles. The van der Waals surface area contributed by atoms with Crippen LogP contribution in [0.15, 0.2) is 27.6 Å². The molecule has 4 fully saturated rings. The summed E-state index contributed by atoms with van der Waals surface area (Å²) < 4.78 is 5.20. The van der Waals surface area contributed by atoms with Gasteiger partial charge in [-0.25, -0.2) is 4.79 Å². The summed E-state index contributed by atoms with van der Waals surface area (Å²) in [4.78, 5) is 11.4. The Kier molecular flexibility index (Phi) is 4.03. The molecular weight excluding hydrogens is 348 g/mol. The summed E-state index contributed by atoms with van der Waals surface area (Å²) in [5.74, 6) is 1.36. The monoisotopic (exact) mass is 384 g/mol. The summed E-state index contributed by atoms with van der Waals surface area (Å²) in [6.07, 6.45) is 13.8. The second kappa shape index (κ2) is 5.97. The quantitative estimate of drug-likeness (QED) is 0.679. The predicted octanol–water partition coefficient (Wildman–Crippen LogP) is 5.66. The van der Waals surface area contributed by atoms with Crippen LogP contribution in [0.2, 0.25) is 0 Å². The van der Waals surface area contributed by atoms with Gasteiger partial charge >= 0.3 is 5.63 Å². The highest BCUT2D eigenvalue weighted by molar-refractivity contribution is 5.27. The molecule has 3 nitrogen and oxygen atoms in total. The van der Waals surface area contributed by atoms with Gasteiger partial charge in [-0.15, -0.1) is 0 Å². The first kappa shape index (κ1) is 18.9. The van der Waals surface area contributed by atoms with E-state index in [0.29, 0.717) is 22.7 Å². The molecule has 4 saturated carbocycles. The van der Waals surface area contributed by atoms with Crippen molar-refractivity contribution in [3.8, 4) is 0 Å². The number of hydrogen-bond donors (Lipinski definition) is 1. The van der Waals surface area contributed by atoms with Crippen molar-refractivity contribution >= 4 is 0 Å². The molecule has 0 radical (unpaired) electrons. The third-order valence-electron chi connectivity index (χ3n) is 10.7. The van der Waals surface area contributed by atoms with Crippen LogP contribution in [-0.2, 0) is 0 Å². The molecule has 1 N–H and O–H groups in total. The minimum absolute atomic E-state index is 0.118. The first-order chi connectivity index (χ1) is 13.2. The highest BCUT2D eigenvalue weighted by Gasteiger charge is 2.68. The number of hydrogen-bond acceptors (Lipinski definition) is 3. The van der Waals surface area contributed by atoms with E-state index in [1.807, 2.05) is 6.07 Å². The maximum Gasteiger partial charge on any atom is 0.335 e. The van der Waals surface area contributed by atoms with Crippen molar-refractivity contribution in [2.24, 2.45) is 28.1 Å². The first-order valence-electron chi connectivity index (χ1n) is 11.5. The summed E-state index contributed by atoms with van der Waals surface area (Å²) in [7, 11) is 0. The van der Waals surface area contributed by atoms with Gasteiger partial charge < -0.3 is 9.52 Å². The minimum Gasteiger partial charge on any atom is -0.431 e. The summed E-state index contributed by atoms with van der Waals surface area (Å²) in [6.45, 7) is 7.43. The first-order valence-corrected chi connectivity index (χ1v) is 11.5. The molecule has 5 rings (SSSR count). The molecule has 0 saturated heterocycles. The van der Waals surface area contributed by atoms with Crippen LogP contribution in [-0.4, -0.2) is 10.7 Å². The maximum atomic E-state index is 12.2. The molecule has 28 heavy (non-hydrogen) atoms. The van der Waals surface area contributed by atoms with Crippen LogP contribution in [0.5, 0.6) is 0 Å². The van der Waals surface area contributed by atoms with Gasteiger partial charge in [-0.05, 0) is 91.6 Å². The van der Waals surface area contributed by atoms with Gasteiger partial charge in [0.2, 0.25) is 0 Å². The highest BCUT2D eigenvalue weighted by Crippen LogP contribution is 2.72. The topological polar surface area (TPSA) is 50.4 Å². The van der Waals surface area contributed by atoms with E-state index in [1.165, 1.54) is 51.0 Å². The zero-order valence-corrected chi connectivity index (χ0v) is 17.8. The molecule has 0 spiro atoms. The molecule has 1 heterocycles. The smallest absolute Gasteiger partial charge is 0.335 e. The van der Waals surface area contributed by atoms with Crippen molar-refractivity contribution in [3.63, 3.8) is 0 Å². The van der Waals surface area contributed by atoms with Gasteiger partial charge in [-0.2, -0.15) is 0 Å². The highest BCUT2D eigenvalue weighted by atomic mass is 16.4. The Hall–Kier alpha value is -1.09. The fourth-order valence-electron chi connectivity index (χ4n) is 8.68. The van der Waals surface area contributed by atoms with E-state index >= 15 is 0 Å². The lowest BCUT2D eigenvalue weighted by molar-refractivity contribution is -0.219. The van der Waals surface area contributed by atoms with E-state index in [2.05, 4.69) is 20.8 Å². The van der Waals surface area contributed by atoms with Crippen molar-refractivity contribution < 1.29 is 9.52 Å². The third kappa shape index (κ3) is 2.23. The van der Waals surface area contributed by atoms with Crippen LogP contribution in [0.3, 0.4) is 0 Å². The average molecular weight is 385 g/mol. The van der Waals surface area contributed by atoms with E-state index in [4.69, 9.17) is 4.42 Å². The third-order valence-corrected chi connectivity index (χ3v) is 10.7. The normalized spacial score (nSPS) is 50.5. The fraction of sp³-hybridized carbons (Fsp3) is 0.800. The molecule has 7 unspecified atom stereocenters. The SMILES string of the molecule is CC12CCCCC1(C)C1CCC3(C)C(c4ccc(=O)oc4)CCC3(O)C1CC2.